The number of benzene rings is 1. The number of ketones is 1. The SMILES string of the molecule is BCC(=O)c1cc2c(c(C(C)(C)C)c1)OCCN2CC. The topological polar surface area (TPSA) is 29.5 Å². The number of carbonyl (C=O) groups excluding carboxylic acids is 1. The lowest BCUT2D eigenvalue weighted by Gasteiger charge is -2.34. The first kappa shape index (κ1) is 15.0. The summed E-state index contributed by atoms with van der Waals surface area (Å²) in [4.78, 5) is 14.4. The molecule has 0 saturated carbocycles. The Morgan fingerprint density at radius 2 is 2.10 bits per heavy atom. The van der Waals surface area contributed by atoms with Gasteiger partial charge in [0.25, 0.3) is 0 Å². The third-order valence-electron chi connectivity index (χ3n) is 3.85. The first-order chi connectivity index (χ1) is 9.38. The predicted molar refractivity (Wildman–Crippen MR) is 86.2 cm³/mol. The Morgan fingerprint density at radius 3 is 2.65 bits per heavy atom. The number of fused-ring (bicyclic) bond motifs is 1. The van der Waals surface area contributed by atoms with E-state index >= 15 is 0 Å². The molecule has 0 amide bonds. The van der Waals surface area contributed by atoms with E-state index in [4.69, 9.17) is 4.74 Å². The lowest BCUT2D eigenvalue weighted by atomic mass is 9.83. The molecule has 2 rings (SSSR count). The van der Waals surface area contributed by atoms with E-state index < -0.39 is 0 Å². The van der Waals surface area contributed by atoms with Crippen LogP contribution in [0.25, 0.3) is 0 Å². The van der Waals surface area contributed by atoms with E-state index in [1.807, 2.05) is 20.0 Å². The molecule has 0 aromatic heterocycles. The number of likely N-dealkylation sites (N-methyl/N-ethyl adjacent to an activating group) is 1. The zero-order chi connectivity index (χ0) is 14.9. The van der Waals surface area contributed by atoms with E-state index in [2.05, 4.69) is 32.6 Å². The van der Waals surface area contributed by atoms with E-state index in [1.165, 1.54) is 0 Å². The first-order valence-corrected chi connectivity index (χ1v) is 7.48. The molecule has 0 spiro atoms. The number of hydrogen-bond donors (Lipinski definition) is 0. The summed E-state index contributed by atoms with van der Waals surface area (Å²) in [5.41, 5.74) is 2.97. The molecule has 1 aromatic rings. The van der Waals surface area contributed by atoms with Crippen molar-refractivity contribution in [1.82, 2.24) is 0 Å². The molecule has 1 aliphatic heterocycles. The van der Waals surface area contributed by atoms with E-state index in [9.17, 15) is 4.79 Å². The van der Waals surface area contributed by atoms with Gasteiger partial charge in [-0.25, -0.2) is 0 Å². The Hall–Kier alpha value is -1.45. The average Bonchev–Trinajstić information content (AvgIpc) is 2.43. The van der Waals surface area contributed by atoms with Crippen LogP contribution in [0.4, 0.5) is 5.69 Å². The zero-order valence-electron chi connectivity index (χ0n) is 13.2. The van der Waals surface area contributed by atoms with Gasteiger partial charge in [0, 0.05) is 17.7 Å². The van der Waals surface area contributed by atoms with Crippen molar-refractivity contribution in [3.63, 3.8) is 0 Å². The molecule has 3 nitrogen and oxygen atoms in total. The summed E-state index contributed by atoms with van der Waals surface area (Å²) in [6, 6.07) is 4.02. The highest BCUT2D eigenvalue weighted by Crippen LogP contribution is 2.42. The number of hydrogen-bond acceptors (Lipinski definition) is 3. The van der Waals surface area contributed by atoms with Gasteiger partial charge in [-0.2, -0.15) is 0 Å². The molecule has 1 aliphatic rings. The minimum atomic E-state index is -0.0368. The maximum absolute atomic E-state index is 12.1. The van der Waals surface area contributed by atoms with Gasteiger partial charge in [-0.1, -0.05) is 20.8 Å². The van der Waals surface area contributed by atoms with E-state index in [1.54, 1.807) is 0 Å². The van der Waals surface area contributed by atoms with Crippen molar-refractivity contribution in [2.75, 3.05) is 24.6 Å². The van der Waals surface area contributed by atoms with Crippen LogP contribution in [0.15, 0.2) is 12.1 Å². The van der Waals surface area contributed by atoms with E-state index in [0.717, 1.165) is 35.7 Å². The number of Topliss-reactive ketones (excluding diaryl/α,β-unsaturated/α-hetero) is 1. The maximum Gasteiger partial charge on any atom is 0.155 e. The second-order valence-corrected chi connectivity index (χ2v) is 6.33. The molecule has 1 aromatic carbocycles. The van der Waals surface area contributed by atoms with Gasteiger partial charge >= 0.3 is 0 Å². The molecular weight excluding hydrogens is 249 g/mol. The van der Waals surface area contributed by atoms with Crippen molar-refractivity contribution >= 4 is 19.3 Å². The van der Waals surface area contributed by atoms with Gasteiger partial charge in [-0.15, -0.1) is 0 Å². The smallest absolute Gasteiger partial charge is 0.155 e. The molecule has 0 atom stereocenters. The van der Waals surface area contributed by atoms with E-state index in [-0.39, 0.29) is 11.2 Å². The monoisotopic (exact) mass is 273 g/mol. The van der Waals surface area contributed by atoms with Gasteiger partial charge in [0.1, 0.15) is 20.2 Å². The normalized spacial score (nSPS) is 14.7. The van der Waals surface area contributed by atoms with E-state index in [0.29, 0.717) is 12.9 Å². The minimum Gasteiger partial charge on any atom is -0.489 e. The van der Waals surface area contributed by atoms with Crippen molar-refractivity contribution in [3.8, 4) is 5.75 Å². The number of carbonyl (C=O) groups is 1. The van der Waals surface area contributed by atoms with Crippen molar-refractivity contribution in [3.05, 3.63) is 23.3 Å². The largest absolute Gasteiger partial charge is 0.489 e. The molecule has 20 heavy (non-hydrogen) atoms. The molecule has 4 heteroatoms. The molecular formula is C16H24BNO2. The van der Waals surface area contributed by atoms with Crippen LogP contribution in [0.2, 0.25) is 6.32 Å². The van der Waals surface area contributed by atoms with Crippen LogP contribution in [-0.4, -0.2) is 33.3 Å². The first-order valence-electron chi connectivity index (χ1n) is 7.48. The summed E-state index contributed by atoms with van der Waals surface area (Å²) >= 11 is 0. The Bertz CT molecular complexity index is 520. The number of nitrogens with zero attached hydrogens (tertiary/aromatic N) is 1. The lowest BCUT2D eigenvalue weighted by molar-refractivity contribution is 0.101. The number of anilines is 1. The molecule has 0 fully saturated rings. The van der Waals surface area contributed by atoms with Crippen LogP contribution in [0.3, 0.4) is 0 Å². The fraction of sp³-hybridized carbons (Fsp3) is 0.562. The molecule has 1 heterocycles. The van der Waals surface area contributed by atoms with Crippen LogP contribution in [-0.2, 0) is 5.41 Å². The van der Waals surface area contributed by atoms with Gasteiger partial charge in [-0.05, 0) is 30.8 Å². The van der Waals surface area contributed by atoms with Crippen molar-refractivity contribution in [2.24, 2.45) is 0 Å². The minimum absolute atomic E-state index is 0.0368. The third kappa shape index (κ3) is 2.69. The maximum atomic E-state index is 12.1. The molecule has 0 bridgehead atoms. The Kier molecular flexibility index (Phi) is 4.12. The van der Waals surface area contributed by atoms with Crippen molar-refractivity contribution in [1.29, 1.82) is 0 Å². The van der Waals surface area contributed by atoms with Gasteiger partial charge < -0.3 is 9.64 Å². The van der Waals surface area contributed by atoms with Crippen LogP contribution < -0.4 is 9.64 Å². The van der Waals surface area contributed by atoms with Gasteiger partial charge in [0.2, 0.25) is 0 Å². The van der Waals surface area contributed by atoms with Crippen LogP contribution in [0.1, 0.15) is 43.6 Å². The summed E-state index contributed by atoms with van der Waals surface area (Å²) < 4.78 is 5.93. The Balaban J connectivity index is 2.64. The quantitative estimate of drug-likeness (QED) is 0.625. The number of ether oxygens (including phenoxy) is 1. The molecule has 0 saturated heterocycles. The number of rotatable bonds is 3. The predicted octanol–water partition coefficient (Wildman–Crippen LogP) is 2.44. The fourth-order valence-corrected chi connectivity index (χ4v) is 2.63. The third-order valence-corrected chi connectivity index (χ3v) is 3.85. The van der Waals surface area contributed by atoms with Crippen LogP contribution in [0.5, 0.6) is 5.75 Å². The summed E-state index contributed by atoms with van der Waals surface area (Å²) in [5, 5.41) is 0. The molecule has 108 valence electrons. The Morgan fingerprint density at radius 1 is 1.40 bits per heavy atom. The summed E-state index contributed by atoms with van der Waals surface area (Å²) in [5.74, 6) is 1.15. The zero-order valence-corrected chi connectivity index (χ0v) is 13.2. The Labute approximate surface area is 122 Å². The standard InChI is InChI=1S/C16H24BNO2/c1-5-18-6-7-20-15-12(16(2,3)4)8-11(9-13(15)18)14(19)10-17/h8-9H,5-7,10,17H2,1-4H3. The molecule has 0 radical (unpaired) electrons. The highest BCUT2D eigenvalue weighted by molar-refractivity contribution is 6.24. The molecule has 0 unspecified atom stereocenters. The summed E-state index contributed by atoms with van der Waals surface area (Å²) in [7, 11) is 1.91. The van der Waals surface area contributed by atoms with Crippen LogP contribution in [0, 0.1) is 0 Å². The van der Waals surface area contributed by atoms with Gasteiger partial charge in [0.15, 0.2) is 5.78 Å². The summed E-state index contributed by atoms with van der Waals surface area (Å²) in [6.07, 6.45) is 0.537. The molecule has 0 N–H and O–H groups in total. The highest BCUT2D eigenvalue weighted by atomic mass is 16.5. The van der Waals surface area contributed by atoms with Crippen molar-refractivity contribution in [2.45, 2.75) is 39.4 Å². The highest BCUT2D eigenvalue weighted by Gasteiger charge is 2.28. The second-order valence-electron chi connectivity index (χ2n) is 6.33. The summed E-state index contributed by atoms with van der Waals surface area (Å²) in [6.45, 7) is 11.2. The molecule has 0 aliphatic carbocycles. The lowest BCUT2D eigenvalue weighted by Crippen LogP contribution is -2.34. The van der Waals surface area contributed by atoms with Gasteiger partial charge in [0.05, 0.1) is 12.2 Å². The van der Waals surface area contributed by atoms with Crippen molar-refractivity contribution < 1.29 is 9.53 Å². The fourth-order valence-electron chi connectivity index (χ4n) is 2.63. The van der Waals surface area contributed by atoms with Gasteiger partial charge in [-0.3, -0.25) is 4.79 Å². The van der Waals surface area contributed by atoms with Crippen LogP contribution >= 0.6 is 0 Å². The average molecular weight is 273 g/mol. The second kappa shape index (κ2) is 5.51.